The number of nitrogens with one attached hydrogen (secondary N) is 1. The summed E-state index contributed by atoms with van der Waals surface area (Å²) in [7, 11) is 0. The van der Waals surface area contributed by atoms with Crippen LogP contribution in [-0.2, 0) is 17.8 Å². The third-order valence-electron chi connectivity index (χ3n) is 5.19. The highest BCUT2D eigenvalue weighted by molar-refractivity contribution is 5.92. The highest BCUT2D eigenvalue weighted by atomic mass is 16.5. The summed E-state index contributed by atoms with van der Waals surface area (Å²) >= 11 is 0. The van der Waals surface area contributed by atoms with Crippen LogP contribution in [0.4, 0.5) is 10.5 Å². The number of unbranched alkanes of at least 4 members (excludes halogenated alkanes) is 1. The Morgan fingerprint density at radius 2 is 1.72 bits per heavy atom. The molecule has 2 amide bonds. The highest BCUT2D eigenvalue weighted by Crippen LogP contribution is 2.15. The van der Waals surface area contributed by atoms with E-state index in [1.54, 1.807) is 31.2 Å². The molecule has 1 heterocycles. The third-order valence-corrected chi connectivity index (χ3v) is 5.19. The van der Waals surface area contributed by atoms with E-state index in [1.807, 2.05) is 35.4 Å². The number of aromatic nitrogens is 1. The molecule has 0 atom stereocenters. The van der Waals surface area contributed by atoms with Gasteiger partial charge in [0.1, 0.15) is 0 Å². The zero-order valence-corrected chi connectivity index (χ0v) is 18.8. The van der Waals surface area contributed by atoms with E-state index in [0.29, 0.717) is 30.9 Å². The molecule has 0 aliphatic heterocycles. The van der Waals surface area contributed by atoms with E-state index in [4.69, 9.17) is 4.74 Å². The fourth-order valence-corrected chi connectivity index (χ4v) is 3.43. The largest absolute Gasteiger partial charge is 0.462 e. The van der Waals surface area contributed by atoms with Crippen LogP contribution in [0.3, 0.4) is 0 Å². The van der Waals surface area contributed by atoms with E-state index in [0.717, 1.165) is 25.1 Å². The normalized spacial score (nSPS) is 10.6. The number of benzene rings is 2. The minimum Gasteiger partial charge on any atom is -0.462 e. The fraction of sp³-hybridized carbons (Fsp3) is 0.308. The van der Waals surface area contributed by atoms with Crippen LogP contribution in [-0.4, -0.2) is 34.6 Å². The predicted molar refractivity (Wildman–Crippen MR) is 127 cm³/mol. The average molecular weight is 434 g/mol. The molecule has 6 heteroatoms. The molecule has 0 unspecified atom stereocenters. The Kier molecular flexibility index (Phi) is 8.49. The molecule has 3 rings (SSSR count). The molecular weight excluding hydrogens is 402 g/mol. The monoisotopic (exact) mass is 433 g/mol. The molecule has 1 N–H and O–H groups in total. The minimum absolute atomic E-state index is 0.158. The Labute approximate surface area is 189 Å². The Bertz CT molecular complexity index is 997. The topological polar surface area (TPSA) is 63.6 Å². The van der Waals surface area contributed by atoms with Crippen LogP contribution in [0, 0.1) is 0 Å². The summed E-state index contributed by atoms with van der Waals surface area (Å²) in [4.78, 5) is 26.7. The maximum absolute atomic E-state index is 13.0. The van der Waals surface area contributed by atoms with Gasteiger partial charge in [-0.3, -0.25) is 0 Å². The molecule has 168 valence electrons. The van der Waals surface area contributed by atoms with E-state index >= 15 is 0 Å². The van der Waals surface area contributed by atoms with Gasteiger partial charge in [0.05, 0.1) is 18.7 Å². The van der Waals surface area contributed by atoms with Gasteiger partial charge < -0.3 is 19.5 Å². The molecule has 2 aromatic carbocycles. The summed E-state index contributed by atoms with van der Waals surface area (Å²) in [5.74, 6) is -0.367. The van der Waals surface area contributed by atoms with Gasteiger partial charge in [0.2, 0.25) is 0 Å². The fourth-order valence-electron chi connectivity index (χ4n) is 3.43. The number of carbonyl (C=O) groups excluding carboxylic acids is 2. The van der Waals surface area contributed by atoms with Crippen LogP contribution in [0.25, 0.3) is 0 Å². The first-order chi connectivity index (χ1) is 15.6. The van der Waals surface area contributed by atoms with Crippen molar-refractivity contribution in [1.29, 1.82) is 0 Å². The molecular formula is C26H31N3O3. The van der Waals surface area contributed by atoms with Crippen LogP contribution in [0.5, 0.6) is 0 Å². The van der Waals surface area contributed by atoms with Crippen molar-refractivity contribution >= 4 is 17.7 Å². The van der Waals surface area contributed by atoms with Gasteiger partial charge in [-0.2, -0.15) is 0 Å². The van der Waals surface area contributed by atoms with Gasteiger partial charge in [0.15, 0.2) is 0 Å². The lowest BCUT2D eigenvalue weighted by atomic mass is 10.2. The third kappa shape index (κ3) is 6.48. The number of carbonyl (C=O) groups is 2. The Morgan fingerprint density at radius 1 is 0.969 bits per heavy atom. The number of rotatable bonds is 10. The molecule has 0 fully saturated rings. The van der Waals surface area contributed by atoms with Gasteiger partial charge in [-0.05, 0) is 55.3 Å². The molecule has 0 spiro atoms. The number of anilines is 1. The quantitative estimate of drug-likeness (QED) is 0.427. The first-order valence-corrected chi connectivity index (χ1v) is 11.1. The second-order valence-electron chi connectivity index (χ2n) is 7.62. The smallest absolute Gasteiger partial charge is 0.338 e. The van der Waals surface area contributed by atoms with E-state index < -0.39 is 0 Å². The lowest BCUT2D eigenvalue weighted by Gasteiger charge is -2.24. The molecule has 0 aliphatic rings. The lowest BCUT2D eigenvalue weighted by molar-refractivity contribution is 0.0526. The second-order valence-corrected chi connectivity index (χ2v) is 7.62. The Balaban J connectivity index is 1.68. The number of hydrogen-bond acceptors (Lipinski definition) is 3. The van der Waals surface area contributed by atoms with Gasteiger partial charge in [-0.15, -0.1) is 0 Å². The number of ether oxygens (including phenoxy) is 1. The maximum atomic E-state index is 13.0. The van der Waals surface area contributed by atoms with Crippen molar-refractivity contribution in [2.75, 3.05) is 18.5 Å². The standard InChI is InChI=1S/C26H31N3O3/c1-3-5-17-29(20-24-12-9-18-28(24)19-21-10-7-6-8-11-21)26(31)27-23-15-13-22(14-16-23)25(30)32-4-2/h6-16,18H,3-5,17,19-20H2,1-2H3,(H,27,31). The van der Waals surface area contributed by atoms with Gasteiger partial charge >= 0.3 is 12.0 Å². The van der Waals surface area contributed by atoms with Crippen molar-refractivity contribution in [2.24, 2.45) is 0 Å². The van der Waals surface area contributed by atoms with Crippen molar-refractivity contribution in [2.45, 2.75) is 39.8 Å². The second kappa shape index (κ2) is 11.7. The molecule has 32 heavy (non-hydrogen) atoms. The van der Waals surface area contributed by atoms with Crippen molar-refractivity contribution in [3.63, 3.8) is 0 Å². The number of esters is 1. The Morgan fingerprint density at radius 3 is 2.41 bits per heavy atom. The van der Waals surface area contributed by atoms with Crippen molar-refractivity contribution in [1.82, 2.24) is 9.47 Å². The van der Waals surface area contributed by atoms with E-state index in [1.165, 1.54) is 5.56 Å². The lowest BCUT2D eigenvalue weighted by Crippen LogP contribution is -2.36. The van der Waals surface area contributed by atoms with Crippen molar-refractivity contribution < 1.29 is 14.3 Å². The summed E-state index contributed by atoms with van der Waals surface area (Å²) in [6, 6.07) is 21.0. The molecule has 0 saturated carbocycles. The number of urea groups is 1. The van der Waals surface area contributed by atoms with Gasteiger partial charge in [0.25, 0.3) is 0 Å². The van der Waals surface area contributed by atoms with Crippen molar-refractivity contribution in [3.05, 3.63) is 89.7 Å². The molecule has 0 radical (unpaired) electrons. The van der Waals surface area contributed by atoms with E-state index in [9.17, 15) is 9.59 Å². The average Bonchev–Trinajstić information content (AvgIpc) is 3.24. The molecule has 0 aliphatic carbocycles. The number of amides is 2. The van der Waals surface area contributed by atoms with Gasteiger partial charge in [-0.25, -0.2) is 9.59 Å². The minimum atomic E-state index is -0.367. The molecule has 0 bridgehead atoms. The molecule has 1 aromatic heterocycles. The van der Waals surface area contributed by atoms with E-state index in [-0.39, 0.29) is 12.0 Å². The summed E-state index contributed by atoms with van der Waals surface area (Å²) in [5, 5.41) is 2.96. The molecule has 6 nitrogen and oxygen atoms in total. The number of hydrogen-bond donors (Lipinski definition) is 1. The SMILES string of the molecule is CCCCN(Cc1cccn1Cc1ccccc1)C(=O)Nc1ccc(C(=O)OCC)cc1. The summed E-state index contributed by atoms with van der Waals surface area (Å²) in [5.41, 5.74) is 3.41. The van der Waals surface area contributed by atoms with Gasteiger partial charge in [0, 0.05) is 30.7 Å². The summed E-state index contributed by atoms with van der Waals surface area (Å²) in [6.45, 7) is 6.17. The first kappa shape index (κ1) is 23.1. The van der Waals surface area contributed by atoms with Crippen molar-refractivity contribution in [3.8, 4) is 0 Å². The van der Waals surface area contributed by atoms with Crippen LogP contribution in [0.1, 0.15) is 48.3 Å². The van der Waals surface area contributed by atoms with Crippen LogP contribution < -0.4 is 5.32 Å². The van der Waals surface area contributed by atoms with Crippen LogP contribution >= 0.6 is 0 Å². The predicted octanol–water partition coefficient (Wildman–Crippen LogP) is 5.55. The zero-order chi connectivity index (χ0) is 22.8. The van der Waals surface area contributed by atoms with Crippen LogP contribution in [0.2, 0.25) is 0 Å². The molecule has 0 saturated heterocycles. The van der Waals surface area contributed by atoms with Crippen LogP contribution in [0.15, 0.2) is 72.9 Å². The highest BCUT2D eigenvalue weighted by Gasteiger charge is 2.16. The maximum Gasteiger partial charge on any atom is 0.338 e. The zero-order valence-electron chi connectivity index (χ0n) is 18.8. The first-order valence-electron chi connectivity index (χ1n) is 11.1. The van der Waals surface area contributed by atoms with E-state index in [2.05, 4.69) is 35.0 Å². The Hall–Kier alpha value is -3.54. The van der Waals surface area contributed by atoms with Gasteiger partial charge in [-0.1, -0.05) is 43.7 Å². The molecule has 3 aromatic rings. The number of nitrogens with zero attached hydrogens (tertiary/aromatic N) is 2. The summed E-state index contributed by atoms with van der Waals surface area (Å²) in [6.07, 6.45) is 3.98. The summed E-state index contributed by atoms with van der Waals surface area (Å²) < 4.78 is 7.18.